The molecule has 37 heavy (non-hydrogen) atoms. The summed E-state index contributed by atoms with van der Waals surface area (Å²) in [6.07, 6.45) is 1.18. The molecule has 0 radical (unpaired) electrons. The van der Waals surface area contributed by atoms with Gasteiger partial charge in [0, 0.05) is 11.6 Å². The fraction of sp³-hybridized carbons (Fsp3) is 0.0690. The standard InChI is InChI=1S/C29H23N3O4S/c1-23-16-19-27(20-17-23)37(35,36)31(30-22-26-14-8-9-15-29(26)32(33)34)28(25-12-6-3-7-13-25)21-18-24-10-4-2-5-11-24/h2-17,19-20,22,28H,1H3/b30-22+. The minimum atomic E-state index is -4.21. The van der Waals surface area contributed by atoms with Crippen LogP contribution in [0, 0.1) is 28.9 Å². The highest BCUT2D eigenvalue weighted by molar-refractivity contribution is 7.89. The second kappa shape index (κ2) is 11.3. The molecule has 0 aliphatic carbocycles. The Bertz CT molecular complexity index is 1580. The van der Waals surface area contributed by atoms with Crippen LogP contribution in [0.5, 0.6) is 0 Å². The van der Waals surface area contributed by atoms with Crippen molar-refractivity contribution in [3.8, 4) is 11.8 Å². The molecule has 1 unspecified atom stereocenters. The molecule has 4 aromatic rings. The highest BCUT2D eigenvalue weighted by Crippen LogP contribution is 2.29. The maximum atomic E-state index is 13.9. The Labute approximate surface area is 215 Å². The Morgan fingerprint density at radius 1 is 0.865 bits per heavy atom. The van der Waals surface area contributed by atoms with Crippen molar-refractivity contribution in [1.29, 1.82) is 0 Å². The minimum Gasteiger partial charge on any atom is -0.258 e. The van der Waals surface area contributed by atoms with Crippen LogP contribution in [0.1, 0.15) is 28.3 Å². The molecule has 0 aliphatic heterocycles. The van der Waals surface area contributed by atoms with E-state index in [1.165, 1.54) is 36.5 Å². The number of hydrogen-bond acceptors (Lipinski definition) is 5. The summed E-state index contributed by atoms with van der Waals surface area (Å²) in [5.41, 5.74) is 2.18. The van der Waals surface area contributed by atoms with E-state index in [0.717, 1.165) is 9.98 Å². The Morgan fingerprint density at radius 2 is 1.46 bits per heavy atom. The second-order valence-electron chi connectivity index (χ2n) is 8.10. The van der Waals surface area contributed by atoms with Gasteiger partial charge in [0.2, 0.25) is 0 Å². The molecule has 4 rings (SSSR count). The van der Waals surface area contributed by atoms with Crippen LogP contribution in [0.15, 0.2) is 119 Å². The summed E-state index contributed by atoms with van der Waals surface area (Å²) < 4.78 is 28.8. The zero-order valence-corrected chi connectivity index (χ0v) is 20.7. The van der Waals surface area contributed by atoms with Crippen LogP contribution in [0.2, 0.25) is 0 Å². The number of nitro groups is 1. The lowest BCUT2D eigenvalue weighted by Crippen LogP contribution is -2.30. The largest absolute Gasteiger partial charge is 0.280 e. The molecule has 0 bridgehead atoms. The van der Waals surface area contributed by atoms with Gasteiger partial charge in [-0.25, -0.2) is 0 Å². The molecule has 7 nitrogen and oxygen atoms in total. The number of nitro benzene ring substituents is 1. The third-order valence-corrected chi connectivity index (χ3v) is 7.14. The molecule has 0 saturated carbocycles. The predicted octanol–water partition coefficient (Wildman–Crippen LogP) is 5.72. The second-order valence-corrected chi connectivity index (χ2v) is 9.90. The van der Waals surface area contributed by atoms with E-state index >= 15 is 0 Å². The molecule has 0 aromatic heterocycles. The molecule has 0 heterocycles. The zero-order chi connectivity index (χ0) is 26.3. The number of aryl methyl sites for hydroxylation is 1. The molecule has 184 valence electrons. The van der Waals surface area contributed by atoms with Crippen molar-refractivity contribution in [2.45, 2.75) is 17.9 Å². The van der Waals surface area contributed by atoms with E-state index in [1.54, 1.807) is 42.5 Å². The molecule has 0 fully saturated rings. The van der Waals surface area contributed by atoms with Crippen molar-refractivity contribution in [1.82, 2.24) is 4.41 Å². The Kier molecular flexibility index (Phi) is 7.77. The van der Waals surface area contributed by atoms with E-state index < -0.39 is 21.0 Å². The highest BCUT2D eigenvalue weighted by Gasteiger charge is 2.31. The fourth-order valence-electron chi connectivity index (χ4n) is 3.54. The highest BCUT2D eigenvalue weighted by atomic mass is 32.2. The average molecular weight is 510 g/mol. The summed E-state index contributed by atoms with van der Waals surface area (Å²) in [6, 6.07) is 29.5. The number of nitrogens with zero attached hydrogens (tertiary/aromatic N) is 3. The van der Waals surface area contributed by atoms with E-state index in [0.29, 0.717) is 11.1 Å². The normalized spacial score (nSPS) is 11.9. The first-order chi connectivity index (χ1) is 17.9. The van der Waals surface area contributed by atoms with Gasteiger partial charge in [0.15, 0.2) is 0 Å². The molecule has 0 N–H and O–H groups in total. The summed E-state index contributed by atoms with van der Waals surface area (Å²) in [4.78, 5) is 11.0. The third kappa shape index (κ3) is 6.10. The van der Waals surface area contributed by atoms with Gasteiger partial charge in [0.1, 0.15) is 6.04 Å². The van der Waals surface area contributed by atoms with E-state index in [1.807, 2.05) is 43.3 Å². The van der Waals surface area contributed by atoms with Gasteiger partial charge >= 0.3 is 0 Å². The van der Waals surface area contributed by atoms with Crippen molar-refractivity contribution in [3.63, 3.8) is 0 Å². The number of rotatable bonds is 7. The summed E-state index contributed by atoms with van der Waals surface area (Å²) in [5, 5.41) is 15.8. The third-order valence-electron chi connectivity index (χ3n) is 5.47. The van der Waals surface area contributed by atoms with Crippen LogP contribution in [0.25, 0.3) is 0 Å². The van der Waals surface area contributed by atoms with Gasteiger partial charge in [-0.1, -0.05) is 90.2 Å². The quantitative estimate of drug-likeness (QED) is 0.138. The van der Waals surface area contributed by atoms with Crippen molar-refractivity contribution in [3.05, 3.63) is 142 Å². The predicted molar refractivity (Wildman–Crippen MR) is 143 cm³/mol. The molecule has 1 atom stereocenters. The molecule has 0 spiro atoms. The van der Waals surface area contributed by atoms with Crippen molar-refractivity contribution in [2.75, 3.05) is 0 Å². The van der Waals surface area contributed by atoms with Crippen LogP contribution >= 0.6 is 0 Å². The topological polar surface area (TPSA) is 92.9 Å². The number of hydrazone groups is 1. The van der Waals surface area contributed by atoms with Crippen molar-refractivity contribution < 1.29 is 13.3 Å². The molecule has 0 saturated heterocycles. The SMILES string of the molecule is Cc1ccc(S(=O)(=O)N(/N=C/c2ccccc2[N+](=O)[O-])C(C#Cc2ccccc2)c2ccccc2)cc1. The van der Waals surface area contributed by atoms with Gasteiger partial charge < -0.3 is 0 Å². The summed E-state index contributed by atoms with van der Waals surface area (Å²) in [6.45, 7) is 1.86. The first kappa shape index (κ1) is 25.4. The minimum absolute atomic E-state index is 0.0280. The number of benzene rings is 4. The molecular weight excluding hydrogens is 486 g/mol. The van der Waals surface area contributed by atoms with Crippen molar-refractivity contribution in [2.24, 2.45) is 5.10 Å². The Balaban J connectivity index is 1.90. The fourth-order valence-corrected chi connectivity index (χ4v) is 4.86. The van der Waals surface area contributed by atoms with Gasteiger partial charge in [-0.3, -0.25) is 10.1 Å². The molecular formula is C29H23N3O4S. The van der Waals surface area contributed by atoms with Gasteiger partial charge in [0.25, 0.3) is 15.7 Å². The maximum absolute atomic E-state index is 13.9. The lowest BCUT2D eigenvalue weighted by molar-refractivity contribution is -0.385. The summed E-state index contributed by atoms with van der Waals surface area (Å²) >= 11 is 0. The average Bonchev–Trinajstić information content (AvgIpc) is 2.92. The number of hydrogen-bond donors (Lipinski definition) is 0. The van der Waals surface area contributed by atoms with Crippen LogP contribution in [0.3, 0.4) is 0 Å². The summed E-state index contributed by atoms with van der Waals surface area (Å²) in [7, 11) is -4.21. The first-order valence-corrected chi connectivity index (χ1v) is 12.8. The van der Waals surface area contributed by atoms with Gasteiger partial charge in [-0.05, 0) is 42.8 Å². The number of para-hydroxylation sites is 1. The van der Waals surface area contributed by atoms with Crippen LogP contribution in [-0.2, 0) is 10.0 Å². The molecule has 4 aromatic carbocycles. The van der Waals surface area contributed by atoms with E-state index in [2.05, 4.69) is 16.9 Å². The first-order valence-electron chi connectivity index (χ1n) is 11.4. The monoisotopic (exact) mass is 509 g/mol. The van der Waals surface area contributed by atoms with E-state index in [-0.39, 0.29) is 16.1 Å². The Hall–Kier alpha value is -4.74. The van der Waals surface area contributed by atoms with Crippen LogP contribution in [-0.4, -0.2) is 24.0 Å². The molecule has 8 heteroatoms. The molecule has 0 aliphatic rings. The maximum Gasteiger partial charge on any atom is 0.280 e. The van der Waals surface area contributed by atoms with Gasteiger partial charge in [-0.15, -0.1) is 0 Å². The summed E-state index contributed by atoms with van der Waals surface area (Å²) in [5.74, 6) is 6.11. The lowest BCUT2D eigenvalue weighted by Gasteiger charge is -2.25. The number of sulfonamides is 1. The van der Waals surface area contributed by atoms with Crippen molar-refractivity contribution >= 4 is 21.9 Å². The van der Waals surface area contributed by atoms with E-state index in [9.17, 15) is 18.5 Å². The smallest absolute Gasteiger partial charge is 0.258 e. The van der Waals surface area contributed by atoms with E-state index in [4.69, 9.17) is 0 Å². The van der Waals surface area contributed by atoms with Crippen LogP contribution in [0.4, 0.5) is 5.69 Å². The van der Waals surface area contributed by atoms with Gasteiger partial charge in [0.05, 0.1) is 21.6 Å². The Morgan fingerprint density at radius 3 is 2.11 bits per heavy atom. The zero-order valence-electron chi connectivity index (χ0n) is 19.9. The van der Waals surface area contributed by atoms with Crippen LogP contribution < -0.4 is 0 Å². The van der Waals surface area contributed by atoms with Gasteiger partial charge in [-0.2, -0.15) is 17.9 Å². The molecule has 0 amide bonds. The lowest BCUT2D eigenvalue weighted by atomic mass is 10.1.